The summed E-state index contributed by atoms with van der Waals surface area (Å²) in [6, 6.07) is 11.3. The van der Waals surface area contributed by atoms with E-state index >= 15 is 0 Å². The molecule has 0 saturated heterocycles. The lowest BCUT2D eigenvalue weighted by Crippen LogP contribution is -2.24. The van der Waals surface area contributed by atoms with Gasteiger partial charge in [0.15, 0.2) is 0 Å². The number of nitrogens with one attached hydrogen (secondary N) is 2. The molecule has 11 heteroatoms. The van der Waals surface area contributed by atoms with Gasteiger partial charge < -0.3 is 20.1 Å². The molecule has 0 fully saturated rings. The average molecular weight is 460 g/mol. The summed E-state index contributed by atoms with van der Waals surface area (Å²) >= 11 is 0. The number of aromatic nitrogens is 2. The highest BCUT2D eigenvalue weighted by Gasteiger charge is 2.36. The van der Waals surface area contributed by atoms with E-state index in [1.807, 2.05) is 18.2 Å². The van der Waals surface area contributed by atoms with Crippen molar-refractivity contribution < 1.29 is 32.2 Å². The molecule has 0 radical (unpaired) electrons. The third kappa shape index (κ3) is 4.76. The minimum atomic E-state index is -4.85. The Morgan fingerprint density at radius 2 is 1.91 bits per heavy atom. The largest absolute Gasteiger partial charge is 0.573 e. The van der Waals surface area contributed by atoms with Gasteiger partial charge in [-0.15, -0.1) is 13.2 Å². The predicted octanol–water partition coefficient (Wildman–Crippen LogP) is 4.29. The summed E-state index contributed by atoms with van der Waals surface area (Å²) < 4.78 is 47.8. The summed E-state index contributed by atoms with van der Waals surface area (Å²) in [5.41, 5.74) is 2.26. The minimum Gasteiger partial charge on any atom is -0.497 e. The number of methoxy groups -OCH3 is 1. The fourth-order valence-electron chi connectivity index (χ4n) is 3.67. The third-order valence-corrected chi connectivity index (χ3v) is 5.01. The molecule has 2 aromatic carbocycles. The number of halogens is 3. The number of nitrogens with zero attached hydrogens (tertiary/aromatic N) is 2. The van der Waals surface area contributed by atoms with Crippen LogP contribution < -0.4 is 20.1 Å². The molecular formula is C22H19F3N4O4. The smallest absolute Gasteiger partial charge is 0.497 e. The molecule has 0 saturated carbocycles. The Labute approximate surface area is 186 Å². The zero-order valence-corrected chi connectivity index (χ0v) is 17.6. The molecule has 1 aliphatic heterocycles. The molecule has 4 rings (SSSR count). The number of hydrogen-bond acceptors (Lipinski definition) is 5. The molecule has 2 heterocycles. The Morgan fingerprint density at radius 1 is 1.18 bits per heavy atom. The maximum absolute atomic E-state index is 12.6. The van der Waals surface area contributed by atoms with Crippen LogP contribution in [0, 0.1) is 6.92 Å². The van der Waals surface area contributed by atoms with Gasteiger partial charge in [0.25, 0.3) is 5.91 Å². The van der Waals surface area contributed by atoms with Crippen LogP contribution in [-0.2, 0) is 9.59 Å². The van der Waals surface area contributed by atoms with Crippen LogP contribution in [0.3, 0.4) is 0 Å². The predicted molar refractivity (Wildman–Crippen MR) is 113 cm³/mol. The summed E-state index contributed by atoms with van der Waals surface area (Å²) in [4.78, 5) is 25.1. The first-order chi connectivity index (χ1) is 15.6. The van der Waals surface area contributed by atoms with Gasteiger partial charge in [-0.1, -0.05) is 18.2 Å². The number of aryl methyl sites for hydroxylation is 1. The lowest BCUT2D eigenvalue weighted by atomic mass is 10.1. The quantitative estimate of drug-likeness (QED) is 0.573. The van der Waals surface area contributed by atoms with Crippen molar-refractivity contribution in [2.24, 2.45) is 0 Å². The van der Waals surface area contributed by atoms with E-state index in [4.69, 9.17) is 4.74 Å². The summed E-state index contributed by atoms with van der Waals surface area (Å²) in [5, 5.41) is 9.70. The van der Waals surface area contributed by atoms with Gasteiger partial charge in [-0.05, 0) is 36.8 Å². The molecule has 33 heavy (non-hydrogen) atoms. The van der Waals surface area contributed by atoms with Gasteiger partial charge in [-0.3, -0.25) is 9.59 Å². The van der Waals surface area contributed by atoms with Gasteiger partial charge in [0.1, 0.15) is 23.4 Å². The van der Waals surface area contributed by atoms with E-state index in [0.717, 1.165) is 17.7 Å². The maximum Gasteiger partial charge on any atom is 0.573 e. The summed E-state index contributed by atoms with van der Waals surface area (Å²) in [6.07, 6.45) is -5.11. The Kier molecular flexibility index (Phi) is 5.71. The summed E-state index contributed by atoms with van der Waals surface area (Å²) in [5.74, 6) is -0.339. The van der Waals surface area contributed by atoms with Crippen LogP contribution in [0.1, 0.15) is 18.2 Å². The standard InChI is InChI=1S/C22H19F3N4O4/c1-12-19(13-5-3-7-15(9-13)32-2)20-27-21(31)17(29(20)28-12)11-18(30)26-14-6-4-8-16(10-14)33-22(23,24)25/h3-10,17H,11H2,1-2H3,(H,26,30)(H,27,31). The van der Waals surface area contributed by atoms with Crippen molar-refractivity contribution in [3.05, 3.63) is 54.2 Å². The van der Waals surface area contributed by atoms with Crippen LogP contribution in [0.4, 0.5) is 24.7 Å². The number of fused-ring (bicyclic) bond motifs is 1. The first-order valence-electron chi connectivity index (χ1n) is 9.84. The Hall–Kier alpha value is -4.02. The average Bonchev–Trinajstić information content (AvgIpc) is 3.20. The van der Waals surface area contributed by atoms with Gasteiger partial charge in [-0.25, -0.2) is 4.68 Å². The lowest BCUT2D eigenvalue weighted by Gasteiger charge is -2.12. The highest BCUT2D eigenvalue weighted by molar-refractivity contribution is 6.04. The molecule has 2 N–H and O–H groups in total. The number of amides is 2. The van der Waals surface area contributed by atoms with Crippen LogP contribution in [-0.4, -0.2) is 35.1 Å². The number of hydrogen-bond donors (Lipinski definition) is 2. The first kappa shape index (κ1) is 22.2. The molecule has 1 atom stereocenters. The number of benzene rings is 2. The van der Waals surface area contributed by atoms with E-state index < -0.39 is 30.0 Å². The Bertz CT molecular complexity index is 1220. The van der Waals surface area contributed by atoms with Gasteiger partial charge in [0.05, 0.1) is 19.2 Å². The summed E-state index contributed by atoms with van der Waals surface area (Å²) in [7, 11) is 1.55. The second-order valence-corrected chi connectivity index (χ2v) is 7.32. The zero-order chi connectivity index (χ0) is 23.8. The van der Waals surface area contributed by atoms with Crippen LogP contribution >= 0.6 is 0 Å². The van der Waals surface area contributed by atoms with Crippen LogP contribution in [0.5, 0.6) is 11.5 Å². The second kappa shape index (κ2) is 8.49. The molecule has 8 nitrogen and oxygen atoms in total. The topological polar surface area (TPSA) is 94.5 Å². The highest BCUT2D eigenvalue weighted by Crippen LogP contribution is 2.39. The number of carbonyl (C=O) groups excluding carboxylic acids is 2. The van der Waals surface area contributed by atoms with Crippen molar-refractivity contribution in [2.75, 3.05) is 17.7 Å². The van der Waals surface area contributed by atoms with Crippen LogP contribution in [0.15, 0.2) is 48.5 Å². The molecule has 1 aliphatic rings. The van der Waals surface area contributed by atoms with Crippen molar-refractivity contribution in [2.45, 2.75) is 25.7 Å². The maximum atomic E-state index is 12.6. The van der Waals surface area contributed by atoms with E-state index in [0.29, 0.717) is 22.8 Å². The zero-order valence-electron chi connectivity index (χ0n) is 17.6. The molecule has 0 bridgehead atoms. The van der Waals surface area contributed by atoms with Gasteiger partial charge in [0, 0.05) is 17.3 Å². The van der Waals surface area contributed by atoms with Crippen molar-refractivity contribution in [1.82, 2.24) is 9.78 Å². The van der Waals surface area contributed by atoms with E-state index in [2.05, 4.69) is 20.5 Å². The summed E-state index contributed by atoms with van der Waals surface area (Å²) in [6.45, 7) is 1.79. The highest BCUT2D eigenvalue weighted by atomic mass is 19.4. The molecule has 172 valence electrons. The third-order valence-electron chi connectivity index (χ3n) is 5.01. The molecule has 1 unspecified atom stereocenters. The molecule has 0 spiro atoms. The monoisotopic (exact) mass is 460 g/mol. The second-order valence-electron chi connectivity index (χ2n) is 7.32. The van der Waals surface area contributed by atoms with Crippen molar-refractivity contribution in [3.8, 4) is 22.6 Å². The fourth-order valence-corrected chi connectivity index (χ4v) is 3.67. The van der Waals surface area contributed by atoms with Gasteiger partial charge >= 0.3 is 6.36 Å². The van der Waals surface area contributed by atoms with E-state index in [9.17, 15) is 22.8 Å². The normalized spacial score (nSPS) is 15.1. The van der Waals surface area contributed by atoms with Crippen LogP contribution in [0.2, 0.25) is 0 Å². The van der Waals surface area contributed by atoms with E-state index in [1.54, 1.807) is 20.1 Å². The molecular weight excluding hydrogens is 441 g/mol. The van der Waals surface area contributed by atoms with Crippen molar-refractivity contribution >= 4 is 23.3 Å². The fraction of sp³-hybridized carbons (Fsp3) is 0.227. The van der Waals surface area contributed by atoms with Gasteiger partial charge in [-0.2, -0.15) is 5.10 Å². The van der Waals surface area contributed by atoms with Crippen molar-refractivity contribution in [1.29, 1.82) is 0 Å². The number of anilines is 2. The number of carbonyl (C=O) groups is 2. The van der Waals surface area contributed by atoms with Crippen LogP contribution in [0.25, 0.3) is 11.1 Å². The van der Waals surface area contributed by atoms with E-state index in [1.165, 1.54) is 16.8 Å². The molecule has 2 amide bonds. The number of rotatable bonds is 6. The molecule has 1 aromatic heterocycles. The van der Waals surface area contributed by atoms with E-state index in [-0.39, 0.29) is 12.1 Å². The molecule has 3 aromatic rings. The SMILES string of the molecule is COc1cccc(-c2c(C)nn3c2NC(=O)C3CC(=O)Nc2cccc(OC(F)(F)F)c2)c1. The van der Waals surface area contributed by atoms with Gasteiger partial charge in [0.2, 0.25) is 5.91 Å². The number of alkyl halides is 3. The lowest BCUT2D eigenvalue weighted by molar-refractivity contribution is -0.274. The van der Waals surface area contributed by atoms with Crippen molar-refractivity contribution in [3.63, 3.8) is 0 Å². The Morgan fingerprint density at radius 3 is 2.64 bits per heavy atom. The first-order valence-corrected chi connectivity index (χ1v) is 9.84. The molecule has 0 aliphatic carbocycles. The number of ether oxygens (including phenoxy) is 2. The Balaban J connectivity index is 1.53. The minimum absolute atomic E-state index is 0.106.